The zero-order chi connectivity index (χ0) is 19.4. The van der Waals surface area contributed by atoms with E-state index in [2.05, 4.69) is 48.8 Å². The molecule has 0 fully saturated rings. The van der Waals surface area contributed by atoms with Crippen LogP contribution in [0.4, 0.5) is 17.6 Å². The van der Waals surface area contributed by atoms with Crippen molar-refractivity contribution in [3.63, 3.8) is 0 Å². The van der Waals surface area contributed by atoms with Crippen LogP contribution in [-0.2, 0) is 17.7 Å². The summed E-state index contributed by atoms with van der Waals surface area (Å²) in [5, 5.41) is 15.8. The van der Waals surface area contributed by atoms with Crippen molar-refractivity contribution in [2.45, 2.75) is 50.6 Å². The van der Waals surface area contributed by atoms with Crippen molar-refractivity contribution in [3.8, 4) is 0 Å². The predicted molar refractivity (Wildman–Crippen MR) is 106 cm³/mol. The van der Waals surface area contributed by atoms with Gasteiger partial charge in [-0.05, 0) is 49.2 Å². The van der Waals surface area contributed by atoms with E-state index in [1.165, 1.54) is 17.3 Å². The van der Waals surface area contributed by atoms with Crippen LogP contribution in [0.15, 0.2) is 29.4 Å². The number of para-hydroxylation sites is 1. The van der Waals surface area contributed by atoms with Crippen LogP contribution in [0.2, 0.25) is 0 Å². The van der Waals surface area contributed by atoms with Crippen molar-refractivity contribution in [2.24, 2.45) is 0 Å². The highest BCUT2D eigenvalue weighted by molar-refractivity contribution is 7.98. The second kappa shape index (κ2) is 7.87. The molecular weight excluding hydrogens is 362 g/mol. The Morgan fingerprint density at radius 1 is 1.15 bits per heavy atom. The second-order valence-corrected chi connectivity index (χ2v) is 7.84. The van der Waals surface area contributed by atoms with Gasteiger partial charge in [0.1, 0.15) is 5.82 Å². The van der Waals surface area contributed by atoms with Crippen LogP contribution >= 0.6 is 11.8 Å². The first-order valence-corrected chi connectivity index (χ1v) is 9.62. The van der Waals surface area contributed by atoms with Gasteiger partial charge < -0.3 is 11.1 Å². The summed E-state index contributed by atoms with van der Waals surface area (Å²) in [7, 11) is 0. The number of rotatable bonds is 6. The fourth-order valence-electron chi connectivity index (χ4n) is 2.45. The molecule has 0 unspecified atom stereocenters. The third-order valence-corrected chi connectivity index (χ3v) is 4.67. The summed E-state index contributed by atoms with van der Waals surface area (Å²) in [6.45, 7) is 8.23. The van der Waals surface area contributed by atoms with E-state index in [0.29, 0.717) is 22.7 Å². The van der Waals surface area contributed by atoms with Gasteiger partial charge in [-0.25, -0.2) is 4.68 Å². The van der Waals surface area contributed by atoms with E-state index in [0.717, 1.165) is 12.1 Å². The largest absolute Gasteiger partial charge is 0.368 e. The first kappa shape index (κ1) is 19.0. The molecule has 0 spiro atoms. The number of aryl methyl sites for hydroxylation is 1. The molecule has 2 heterocycles. The minimum absolute atomic E-state index is 0.174. The molecule has 0 aliphatic rings. The summed E-state index contributed by atoms with van der Waals surface area (Å²) >= 11 is 1.46. The minimum atomic E-state index is -0.208. The maximum atomic E-state index is 5.87. The van der Waals surface area contributed by atoms with Crippen molar-refractivity contribution in [3.05, 3.63) is 35.7 Å². The van der Waals surface area contributed by atoms with E-state index >= 15 is 0 Å². The number of nitrogens with zero attached hydrogens (tertiary/aromatic N) is 7. The smallest absolute Gasteiger partial charge is 0.232 e. The fourth-order valence-corrected chi connectivity index (χ4v) is 3.36. The van der Waals surface area contributed by atoms with Crippen LogP contribution in [-0.4, -0.2) is 35.2 Å². The van der Waals surface area contributed by atoms with Crippen LogP contribution in [0.3, 0.4) is 0 Å². The molecular formula is C17H23N9S. The highest BCUT2D eigenvalue weighted by atomic mass is 32.2. The van der Waals surface area contributed by atoms with Crippen molar-refractivity contribution in [1.29, 1.82) is 0 Å². The molecule has 0 radical (unpaired) electrons. The summed E-state index contributed by atoms with van der Waals surface area (Å²) in [5.74, 6) is 1.64. The lowest BCUT2D eigenvalue weighted by molar-refractivity contribution is 0.321. The van der Waals surface area contributed by atoms with Gasteiger partial charge >= 0.3 is 0 Å². The van der Waals surface area contributed by atoms with E-state index in [9.17, 15) is 0 Å². The van der Waals surface area contributed by atoms with E-state index in [4.69, 9.17) is 5.73 Å². The topological polar surface area (TPSA) is 120 Å². The molecule has 2 aromatic heterocycles. The Hall–Kier alpha value is -2.75. The fraction of sp³-hybridized carbons (Fsp3) is 0.412. The lowest BCUT2D eigenvalue weighted by atomic mass is 10.1. The molecule has 0 saturated heterocycles. The van der Waals surface area contributed by atoms with Gasteiger partial charge in [-0.1, -0.05) is 36.9 Å². The third kappa shape index (κ3) is 4.70. The van der Waals surface area contributed by atoms with Gasteiger partial charge in [-0.2, -0.15) is 15.0 Å². The predicted octanol–water partition coefficient (Wildman–Crippen LogP) is 2.79. The highest BCUT2D eigenvalue weighted by Crippen LogP contribution is 2.25. The van der Waals surface area contributed by atoms with Crippen molar-refractivity contribution >= 4 is 29.3 Å². The molecule has 0 bridgehead atoms. The standard InChI is InChI=1S/C17H23N9S/c1-5-11-8-6-7-9-12(11)19-15-21-13(20-14(18)22-15)10-27-16-23-24-25-26(16)17(2,3)4/h6-9H,5,10H2,1-4H3,(H3,18,19,20,21,22). The zero-order valence-electron chi connectivity index (χ0n) is 15.8. The normalized spacial score (nSPS) is 11.6. The Kier molecular flexibility index (Phi) is 5.54. The van der Waals surface area contributed by atoms with Gasteiger partial charge in [0.15, 0.2) is 0 Å². The summed E-state index contributed by atoms with van der Waals surface area (Å²) in [4.78, 5) is 12.9. The molecule has 27 heavy (non-hydrogen) atoms. The molecule has 0 atom stereocenters. The molecule has 1 aromatic carbocycles. The molecule has 3 aromatic rings. The SMILES string of the molecule is CCc1ccccc1Nc1nc(N)nc(CSc2nnnn2C(C)(C)C)n1. The summed E-state index contributed by atoms with van der Waals surface area (Å²) in [6, 6.07) is 8.03. The quantitative estimate of drug-likeness (QED) is 0.617. The van der Waals surface area contributed by atoms with E-state index in [1.54, 1.807) is 4.68 Å². The van der Waals surface area contributed by atoms with E-state index < -0.39 is 0 Å². The first-order valence-electron chi connectivity index (χ1n) is 8.64. The maximum Gasteiger partial charge on any atom is 0.232 e. The lowest BCUT2D eigenvalue weighted by Gasteiger charge is -2.19. The number of benzene rings is 1. The molecule has 0 aliphatic carbocycles. The molecule has 9 nitrogen and oxygen atoms in total. The van der Waals surface area contributed by atoms with Gasteiger partial charge in [0.25, 0.3) is 0 Å². The Bertz CT molecular complexity index is 917. The molecule has 10 heteroatoms. The monoisotopic (exact) mass is 385 g/mol. The summed E-state index contributed by atoms with van der Waals surface area (Å²) in [6.07, 6.45) is 0.905. The van der Waals surface area contributed by atoms with Crippen molar-refractivity contribution < 1.29 is 0 Å². The molecule has 3 N–H and O–H groups in total. The van der Waals surface area contributed by atoms with Gasteiger partial charge in [0.05, 0.1) is 11.3 Å². The van der Waals surface area contributed by atoms with Gasteiger partial charge in [-0.3, -0.25) is 0 Å². The van der Waals surface area contributed by atoms with Gasteiger partial charge in [-0.15, -0.1) is 5.10 Å². The number of tetrazole rings is 1. The number of nitrogen functional groups attached to an aromatic ring is 1. The number of nitrogens with one attached hydrogen (secondary N) is 1. The first-order chi connectivity index (χ1) is 12.9. The molecule has 3 rings (SSSR count). The number of anilines is 3. The third-order valence-electron chi connectivity index (χ3n) is 3.75. The molecule has 0 saturated carbocycles. The molecule has 0 aliphatic heterocycles. The minimum Gasteiger partial charge on any atom is -0.368 e. The van der Waals surface area contributed by atoms with Crippen molar-refractivity contribution in [2.75, 3.05) is 11.1 Å². The van der Waals surface area contributed by atoms with Crippen LogP contribution < -0.4 is 11.1 Å². The zero-order valence-corrected chi connectivity index (χ0v) is 16.7. The molecule has 142 valence electrons. The Morgan fingerprint density at radius 2 is 1.93 bits per heavy atom. The van der Waals surface area contributed by atoms with Crippen LogP contribution in [0.1, 0.15) is 39.1 Å². The number of hydrogen-bond donors (Lipinski definition) is 2. The number of hydrogen-bond acceptors (Lipinski definition) is 9. The lowest BCUT2D eigenvalue weighted by Crippen LogP contribution is -2.24. The van der Waals surface area contributed by atoms with Crippen molar-refractivity contribution in [1.82, 2.24) is 35.2 Å². The van der Waals surface area contributed by atoms with Gasteiger partial charge in [0, 0.05) is 5.69 Å². The van der Waals surface area contributed by atoms with Crippen LogP contribution in [0, 0.1) is 0 Å². The summed E-state index contributed by atoms with van der Waals surface area (Å²) in [5.41, 5.74) is 7.80. The second-order valence-electron chi connectivity index (χ2n) is 6.90. The highest BCUT2D eigenvalue weighted by Gasteiger charge is 2.20. The average molecular weight is 386 g/mol. The Labute approximate surface area is 162 Å². The number of aromatic nitrogens is 7. The number of nitrogens with two attached hydrogens (primary N) is 1. The number of thioether (sulfide) groups is 1. The average Bonchev–Trinajstić information content (AvgIpc) is 3.09. The van der Waals surface area contributed by atoms with E-state index in [1.807, 2.05) is 39.0 Å². The van der Waals surface area contributed by atoms with Gasteiger partial charge in [0.2, 0.25) is 17.1 Å². The summed E-state index contributed by atoms with van der Waals surface area (Å²) < 4.78 is 1.78. The Balaban J connectivity index is 1.77. The maximum absolute atomic E-state index is 5.87. The van der Waals surface area contributed by atoms with E-state index in [-0.39, 0.29) is 11.5 Å². The molecule has 0 amide bonds. The Morgan fingerprint density at radius 3 is 2.67 bits per heavy atom. The van der Waals surface area contributed by atoms with Crippen LogP contribution in [0.5, 0.6) is 0 Å². The van der Waals surface area contributed by atoms with Crippen LogP contribution in [0.25, 0.3) is 0 Å².